The van der Waals surface area contributed by atoms with Crippen LogP contribution in [0.2, 0.25) is 0 Å². The summed E-state index contributed by atoms with van der Waals surface area (Å²) >= 11 is 2.31. The highest BCUT2D eigenvalue weighted by atomic mass is 127. The lowest BCUT2D eigenvalue weighted by Crippen LogP contribution is -2.20. The number of anilines is 1. The lowest BCUT2D eigenvalue weighted by Gasteiger charge is -2.24. The van der Waals surface area contributed by atoms with E-state index < -0.39 is 0 Å². The van der Waals surface area contributed by atoms with Gasteiger partial charge in [0.05, 0.1) is 7.11 Å². The molecular formula is C19H17IN4O. The first kappa shape index (κ1) is 16.1. The number of halogens is 1. The molecule has 4 rings (SSSR count). The first-order valence-corrected chi connectivity index (χ1v) is 9.04. The lowest BCUT2D eigenvalue weighted by atomic mass is 10.0. The van der Waals surface area contributed by atoms with Crippen LogP contribution >= 0.6 is 22.6 Å². The second-order valence-electron chi connectivity index (χ2n) is 5.86. The van der Waals surface area contributed by atoms with Crippen LogP contribution in [0.15, 0.2) is 54.6 Å². The van der Waals surface area contributed by atoms with Crippen molar-refractivity contribution in [2.24, 2.45) is 0 Å². The van der Waals surface area contributed by atoms with Crippen molar-refractivity contribution < 1.29 is 4.74 Å². The molecule has 0 spiro atoms. The summed E-state index contributed by atoms with van der Waals surface area (Å²) in [7, 11) is 1.67. The summed E-state index contributed by atoms with van der Waals surface area (Å²) in [6.07, 6.45) is 2.19. The molecule has 2 heterocycles. The van der Waals surface area contributed by atoms with E-state index in [4.69, 9.17) is 4.74 Å². The van der Waals surface area contributed by atoms with E-state index in [2.05, 4.69) is 80.5 Å². The summed E-state index contributed by atoms with van der Waals surface area (Å²) in [5.74, 6) is 2.35. The Morgan fingerprint density at radius 3 is 2.48 bits per heavy atom. The van der Waals surface area contributed by atoms with Crippen molar-refractivity contribution in [2.45, 2.75) is 13.0 Å². The van der Waals surface area contributed by atoms with E-state index in [9.17, 15) is 0 Å². The maximum atomic E-state index is 5.27. The zero-order chi connectivity index (χ0) is 17.4. The van der Waals surface area contributed by atoms with Crippen LogP contribution in [0.25, 0.3) is 5.70 Å². The number of benzene rings is 2. The van der Waals surface area contributed by atoms with Crippen LogP contribution in [-0.2, 0) is 0 Å². The largest absolute Gasteiger partial charge is 0.497 e. The summed E-state index contributed by atoms with van der Waals surface area (Å²) in [6.45, 7) is 1.91. The summed E-state index contributed by atoms with van der Waals surface area (Å²) in [5.41, 5.74) is 3.31. The molecule has 1 aliphatic heterocycles. The monoisotopic (exact) mass is 444 g/mol. The van der Waals surface area contributed by atoms with Gasteiger partial charge >= 0.3 is 0 Å². The number of fused-ring (bicyclic) bond motifs is 1. The van der Waals surface area contributed by atoms with Crippen molar-refractivity contribution in [1.82, 2.24) is 14.8 Å². The Morgan fingerprint density at radius 1 is 1.08 bits per heavy atom. The standard InChI is InChI=1S/C19H17IN4O/c1-12-21-19-22-17(13-3-7-15(20)8-4-13)11-18(24(19)23-12)14-5-9-16(25-2)10-6-14/h3-11,18H,1-2H3,(H,21,22,23). The number of hydrogen-bond donors (Lipinski definition) is 1. The first-order valence-electron chi connectivity index (χ1n) is 7.96. The van der Waals surface area contributed by atoms with Gasteiger partial charge in [-0.25, -0.2) is 4.68 Å². The van der Waals surface area contributed by atoms with E-state index in [1.165, 1.54) is 3.57 Å². The maximum Gasteiger partial charge on any atom is 0.226 e. The molecule has 0 radical (unpaired) electrons. The molecule has 0 saturated heterocycles. The van der Waals surface area contributed by atoms with Crippen LogP contribution in [0, 0.1) is 10.5 Å². The van der Waals surface area contributed by atoms with Gasteiger partial charge in [-0.3, -0.25) is 0 Å². The average Bonchev–Trinajstić information content (AvgIpc) is 3.01. The molecule has 1 unspecified atom stereocenters. The molecule has 0 bridgehead atoms. The van der Waals surface area contributed by atoms with E-state index in [1.807, 2.05) is 23.7 Å². The molecule has 1 aliphatic rings. The van der Waals surface area contributed by atoms with Gasteiger partial charge in [0.1, 0.15) is 17.6 Å². The van der Waals surface area contributed by atoms with Crippen molar-refractivity contribution in [3.8, 4) is 5.75 Å². The Bertz CT molecular complexity index is 929. The van der Waals surface area contributed by atoms with Gasteiger partial charge in [0.2, 0.25) is 5.95 Å². The highest BCUT2D eigenvalue weighted by Gasteiger charge is 2.24. The molecule has 1 aromatic heterocycles. The molecule has 6 heteroatoms. The molecule has 1 N–H and O–H groups in total. The molecule has 3 aromatic rings. The number of ether oxygens (including phenoxy) is 1. The topological polar surface area (TPSA) is 52.0 Å². The van der Waals surface area contributed by atoms with Gasteiger partial charge in [-0.05, 0) is 71.0 Å². The van der Waals surface area contributed by atoms with Gasteiger partial charge < -0.3 is 10.1 Å². The van der Waals surface area contributed by atoms with Crippen molar-refractivity contribution in [2.75, 3.05) is 12.4 Å². The van der Waals surface area contributed by atoms with Crippen molar-refractivity contribution in [3.63, 3.8) is 0 Å². The third-order valence-electron chi connectivity index (χ3n) is 4.18. The maximum absolute atomic E-state index is 5.27. The molecule has 0 fully saturated rings. The average molecular weight is 444 g/mol. The number of hydrogen-bond acceptors (Lipinski definition) is 4. The Labute approximate surface area is 159 Å². The predicted molar refractivity (Wildman–Crippen MR) is 107 cm³/mol. The van der Waals surface area contributed by atoms with E-state index in [1.54, 1.807) is 7.11 Å². The minimum atomic E-state index is -0.0161. The van der Waals surface area contributed by atoms with Gasteiger partial charge in [0, 0.05) is 9.27 Å². The van der Waals surface area contributed by atoms with Gasteiger partial charge in [0.15, 0.2) is 0 Å². The third kappa shape index (κ3) is 3.13. The van der Waals surface area contributed by atoms with E-state index >= 15 is 0 Å². The van der Waals surface area contributed by atoms with Crippen molar-refractivity contribution in [1.29, 1.82) is 0 Å². The van der Waals surface area contributed by atoms with Crippen molar-refractivity contribution >= 4 is 34.2 Å². The number of rotatable bonds is 3. The highest BCUT2D eigenvalue weighted by molar-refractivity contribution is 14.1. The Morgan fingerprint density at radius 2 is 1.80 bits per heavy atom. The van der Waals surface area contributed by atoms with E-state index in [-0.39, 0.29) is 6.04 Å². The zero-order valence-electron chi connectivity index (χ0n) is 13.9. The molecule has 126 valence electrons. The predicted octanol–water partition coefficient (Wildman–Crippen LogP) is 4.26. The smallest absolute Gasteiger partial charge is 0.226 e. The third-order valence-corrected chi connectivity index (χ3v) is 4.90. The molecular weight excluding hydrogens is 427 g/mol. The van der Waals surface area contributed by atoms with Gasteiger partial charge in [-0.1, -0.05) is 24.3 Å². The molecule has 2 aromatic carbocycles. The number of allylic oxidation sites excluding steroid dienone is 1. The molecule has 0 amide bonds. The zero-order valence-corrected chi connectivity index (χ0v) is 16.1. The molecule has 25 heavy (non-hydrogen) atoms. The fraction of sp³-hybridized carbons (Fsp3) is 0.158. The second-order valence-corrected chi connectivity index (χ2v) is 7.10. The minimum absolute atomic E-state index is 0.0161. The summed E-state index contributed by atoms with van der Waals surface area (Å²) in [6, 6.07) is 16.5. The second kappa shape index (κ2) is 6.51. The first-order chi connectivity index (χ1) is 12.1. The van der Waals surface area contributed by atoms with Crippen LogP contribution in [0.4, 0.5) is 5.95 Å². The van der Waals surface area contributed by atoms with Gasteiger partial charge in [-0.15, -0.1) is 0 Å². The number of nitrogens with one attached hydrogen (secondary N) is 1. The Hall–Kier alpha value is -2.35. The number of methoxy groups -OCH3 is 1. The fourth-order valence-corrected chi connectivity index (χ4v) is 3.30. The van der Waals surface area contributed by atoms with Gasteiger partial charge in [0.25, 0.3) is 0 Å². The van der Waals surface area contributed by atoms with Crippen LogP contribution in [0.3, 0.4) is 0 Å². The number of aryl methyl sites for hydroxylation is 1. The minimum Gasteiger partial charge on any atom is -0.497 e. The summed E-state index contributed by atoms with van der Waals surface area (Å²) < 4.78 is 8.40. The molecule has 0 aliphatic carbocycles. The van der Waals surface area contributed by atoms with E-state index in [0.717, 1.165) is 34.3 Å². The quantitative estimate of drug-likeness (QED) is 0.614. The number of aromatic nitrogens is 3. The van der Waals surface area contributed by atoms with Crippen LogP contribution in [0.1, 0.15) is 23.0 Å². The molecule has 5 nitrogen and oxygen atoms in total. The van der Waals surface area contributed by atoms with Crippen LogP contribution in [-0.4, -0.2) is 21.9 Å². The molecule has 0 saturated carbocycles. The summed E-state index contributed by atoms with van der Waals surface area (Å²) in [4.78, 5) is 4.53. The highest BCUT2D eigenvalue weighted by Crippen LogP contribution is 2.33. The van der Waals surface area contributed by atoms with Gasteiger partial charge in [-0.2, -0.15) is 10.1 Å². The van der Waals surface area contributed by atoms with E-state index in [0.29, 0.717) is 0 Å². The number of nitrogens with zero attached hydrogens (tertiary/aromatic N) is 3. The lowest BCUT2D eigenvalue weighted by molar-refractivity contribution is 0.414. The summed E-state index contributed by atoms with van der Waals surface area (Å²) in [5, 5.41) is 7.96. The molecule has 1 atom stereocenters. The van der Waals surface area contributed by atoms with Crippen LogP contribution in [0.5, 0.6) is 5.75 Å². The fourth-order valence-electron chi connectivity index (χ4n) is 2.94. The SMILES string of the molecule is COc1ccc(C2C=C(c3ccc(I)cc3)Nc3nc(C)nn32)cc1. The van der Waals surface area contributed by atoms with Crippen molar-refractivity contribution in [3.05, 3.63) is 75.1 Å². The Kier molecular flexibility index (Phi) is 4.20. The Balaban J connectivity index is 1.79. The normalized spacial score (nSPS) is 16.0. The van der Waals surface area contributed by atoms with Crippen LogP contribution < -0.4 is 10.1 Å².